The Labute approximate surface area is 147 Å². The molecule has 0 aliphatic heterocycles. The van der Waals surface area contributed by atoms with Crippen LogP contribution in [0.5, 0.6) is 0 Å². The van der Waals surface area contributed by atoms with E-state index in [1.807, 2.05) is 41.2 Å². The van der Waals surface area contributed by atoms with Gasteiger partial charge in [-0.05, 0) is 67.0 Å². The third-order valence-electron chi connectivity index (χ3n) is 4.01. The molecule has 1 heterocycles. The summed E-state index contributed by atoms with van der Waals surface area (Å²) in [5.41, 5.74) is 5.71. The van der Waals surface area contributed by atoms with Crippen molar-refractivity contribution in [3.8, 4) is 5.69 Å². The minimum Gasteiger partial charge on any atom is -0.358 e. The van der Waals surface area contributed by atoms with Gasteiger partial charge in [0.15, 0.2) is 5.11 Å². The summed E-state index contributed by atoms with van der Waals surface area (Å²) >= 11 is 5.39. The lowest BCUT2D eigenvalue weighted by molar-refractivity contribution is 0.874. The summed E-state index contributed by atoms with van der Waals surface area (Å²) in [4.78, 5) is 0. The molecule has 24 heavy (non-hydrogen) atoms. The van der Waals surface area contributed by atoms with E-state index in [1.54, 1.807) is 6.20 Å². The first kappa shape index (κ1) is 16.2. The minimum absolute atomic E-state index is 0.625. The fourth-order valence-electron chi connectivity index (χ4n) is 2.42. The Bertz CT molecular complexity index is 823. The van der Waals surface area contributed by atoms with E-state index in [2.05, 4.69) is 47.8 Å². The van der Waals surface area contributed by atoms with E-state index in [4.69, 9.17) is 12.2 Å². The molecule has 5 heteroatoms. The number of nitrogens with one attached hydrogen (secondary N) is 2. The molecular weight excluding hydrogens is 316 g/mol. The number of benzene rings is 2. The molecule has 2 N–H and O–H groups in total. The van der Waals surface area contributed by atoms with E-state index >= 15 is 0 Å². The van der Waals surface area contributed by atoms with Gasteiger partial charge in [0.2, 0.25) is 0 Å². The zero-order chi connectivity index (χ0) is 16.9. The third kappa shape index (κ3) is 3.81. The van der Waals surface area contributed by atoms with Gasteiger partial charge in [-0.25, -0.2) is 4.68 Å². The van der Waals surface area contributed by atoms with Crippen LogP contribution in [0.3, 0.4) is 0 Å². The molecule has 0 aliphatic rings. The summed E-state index contributed by atoms with van der Waals surface area (Å²) in [6.07, 6.45) is 3.70. The Morgan fingerprint density at radius 2 is 1.88 bits per heavy atom. The number of hydrogen-bond acceptors (Lipinski definition) is 2. The maximum Gasteiger partial charge on any atom is 0.171 e. The fourth-order valence-corrected chi connectivity index (χ4v) is 2.61. The smallest absolute Gasteiger partial charge is 0.171 e. The first-order valence-electron chi connectivity index (χ1n) is 7.83. The van der Waals surface area contributed by atoms with E-state index in [1.165, 1.54) is 11.1 Å². The summed E-state index contributed by atoms with van der Waals surface area (Å²) in [6.45, 7) is 4.86. The quantitative estimate of drug-likeness (QED) is 0.707. The number of nitrogens with zero attached hydrogens (tertiary/aromatic N) is 2. The molecule has 0 bridgehead atoms. The van der Waals surface area contributed by atoms with Gasteiger partial charge in [0, 0.05) is 24.6 Å². The Morgan fingerprint density at radius 1 is 1.08 bits per heavy atom. The molecule has 0 saturated heterocycles. The Balaban J connectivity index is 1.57. The SMILES string of the molecule is Cc1cccc(NC(=S)NCc2ccc(-n3cccn3)cc2)c1C. The second kappa shape index (κ2) is 7.27. The van der Waals surface area contributed by atoms with Crippen molar-refractivity contribution in [1.82, 2.24) is 15.1 Å². The predicted octanol–water partition coefficient (Wildman–Crippen LogP) is 3.98. The van der Waals surface area contributed by atoms with Gasteiger partial charge in [-0.15, -0.1) is 0 Å². The number of aryl methyl sites for hydroxylation is 1. The van der Waals surface area contributed by atoms with Crippen molar-refractivity contribution in [3.05, 3.63) is 77.6 Å². The zero-order valence-corrected chi connectivity index (χ0v) is 14.6. The molecule has 122 valence electrons. The van der Waals surface area contributed by atoms with Crippen molar-refractivity contribution in [2.45, 2.75) is 20.4 Å². The molecule has 0 unspecified atom stereocenters. The molecule has 0 amide bonds. The molecular formula is C19H20N4S. The lowest BCUT2D eigenvalue weighted by Gasteiger charge is -2.14. The highest BCUT2D eigenvalue weighted by Gasteiger charge is 2.03. The summed E-state index contributed by atoms with van der Waals surface area (Å²) < 4.78 is 1.84. The van der Waals surface area contributed by atoms with Crippen LogP contribution < -0.4 is 10.6 Å². The van der Waals surface area contributed by atoms with Crippen LogP contribution in [0.15, 0.2) is 60.9 Å². The second-order valence-corrected chi connectivity index (χ2v) is 6.08. The summed E-state index contributed by atoms with van der Waals surface area (Å²) in [5, 5.41) is 11.4. The number of anilines is 1. The second-order valence-electron chi connectivity index (χ2n) is 5.67. The van der Waals surface area contributed by atoms with Crippen molar-refractivity contribution in [2.24, 2.45) is 0 Å². The van der Waals surface area contributed by atoms with Crippen LogP contribution in [0.2, 0.25) is 0 Å². The lowest BCUT2D eigenvalue weighted by atomic mass is 10.1. The maximum absolute atomic E-state index is 5.39. The van der Waals surface area contributed by atoms with Gasteiger partial charge in [0.05, 0.1) is 5.69 Å². The molecule has 4 nitrogen and oxygen atoms in total. The van der Waals surface area contributed by atoms with Crippen LogP contribution in [0.1, 0.15) is 16.7 Å². The van der Waals surface area contributed by atoms with Gasteiger partial charge in [-0.3, -0.25) is 0 Å². The van der Waals surface area contributed by atoms with Crippen molar-refractivity contribution >= 4 is 23.0 Å². The third-order valence-corrected chi connectivity index (χ3v) is 4.26. The van der Waals surface area contributed by atoms with Gasteiger partial charge in [0.25, 0.3) is 0 Å². The van der Waals surface area contributed by atoms with Gasteiger partial charge in [-0.1, -0.05) is 24.3 Å². The highest BCUT2D eigenvalue weighted by Crippen LogP contribution is 2.17. The molecule has 3 rings (SSSR count). The molecule has 0 aliphatic carbocycles. The van der Waals surface area contributed by atoms with Crippen LogP contribution >= 0.6 is 12.2 Å². The summed E-state index contributed by atoms with van der Waals surface area (Å²) in [5.74, 6) is 0. The molecule has 0 spiro atoms. The average molecular weight is 336 g/mol. The summed E-state index contributed by atoms with van der Waals surface area (Å²) in [6, 6.07) is 16.3. The molecule has 1 aromatic heterocycles. The van der Waals surface area contributed by atoms with Crippen molar-refractivity contribution in [1.29, 1.82) is 0 Å². The molecule has 0 fully saturated rings. The number of hydrogen-bond donors (Lipinski definition) is 2. The first-order valence-corrected chi connectivity index (χ1v) is 8.24. The molecule has 2 aromatic carbocycles. The van der Waals surface area contributed by atoms with Crippen molar-refractivity contribution in [2.75, 3.05) is 5.32 Å². The highest BCUT2D eigenvalue weighted by molar-refractivity contribution is 7.80. The van der Waals surface area contributed by atoms with Crippen molar-refractivity contribution < 1.29 is 0 Å². The van der Waals surface area contributed by atoms with Crippen LogP contribution in [0.4, 0.5) is 5.69 Å². The fraction of sp³-hybridized carbons (Fsp3) is 0.158. The minimum atomic E-state index is 0.625. The molecule has 0 radical (unpaired) electrons. The normalized spacial score (nSPS) is 10.4. The monoisotopic (exact) mass is 336 g/mol. The predicted molar refractivity (Wildman–Crippen MR) is 103 cm³/mol. The number of thiocarbonyl (C=S) groups is 1. The van der Waals surface area contributed by atoms with Gasteiger partial charge in [-0.2, -0.15) is 5.10 Å². The Morgan fingerprint density at radius 3 is 2.58 bits per heavy atom. The summed E-state index contributed by atoms with van der Waals surface area (Å²) in [7, 11) is 0. The van der Waals surface area contributed by atoms with Gasteiger partial charge < -0.3 is 10.6 Å². The first-order chi connectivity index (χ1) is 11.6. The van der Waals surface area contributed by atoms with E-state index < -0.39 is 0 Å². The van der Waals surface area contributed by atoms with Gasteiger partial charge >= 0.3 is 0 Å². The average Bonchev–Trinajstić information content (AvgIpc) is 3.12. The molecule has 0 atom stereocenters. The van der Waals surface area contributed by atoms with E-state index in [9.17, 15) is 0 Å². The van der Waals surface area contributed by atoms with Crippen LogP contribution in [-0.2, 0) is 6.54 Å². The van der Waals surface area contributed by atoms with E-state index in [0.29, 0.717) is 11.7 Å². The van der Waals surface area contributed by atoms with E-state index in [0.717, 1.165) is 16.9 Å². The highest BCUT2D eigenvalue weighted by atomic mass is 32.1. The lowest BCUT2D eigenvalue weighted by Crippen LogP contribution is -2.28. The Kier molecular flexibility index (Phi) is 4.91. The van der Waals surface area contributed by atoms with Crippen molar-refractivity contribution in [3.63, 3.8) is 0 Å². The number of aromatic nitrogens is 2. The van der Waals surface area contributed by atoms with Crippen LogP contribution in [0.25, 0.3) is 5.69 Å². The van der Waals surface area contributed by atoms with E-state index in [-0.39, 0.29) is 0 Å². The topological polar surface area (TPSA) is 41.9 Å². The maximum atomic E-state index is 5.39. The largest absolute Gasteiger partial charge is 0.358 e. The number of rotatable bonds is 4. The van der Waals surface area contributed by atoms with Crippen LogP contribution in [0, 0.1) is 13.8 Å². The Hall–Kier alpha value is -2.66. The molecule has 0 saturated carbocycles. The van der Waals surface area contributed by atoms with Crippen LogP contribution in [-0.4, -0.2) is 14.9 Å². The molecule has 3 aromatic rings. The zero-order valence-electron chi connectivity index (χ0n) is 13.8. The standard InChI is InChI=1S/C19H20N4S/c1-14-5-3-6-18(15(14)2)22-19(24)20-13-16-7-9-17(10-8-16)23-12-4-11-21-23/h3-12H,13H2,1-2H3,(H2,20,22,24). The van der Waals surface area contributed by atoms with Gasteiger partial charge in [0.1, 0.15) is 0 Å².